The summed E-state index contributed by atoms with van der Waals surface area (Å²) in [5.41, 5.74) is 0.618. The van der Waals surface area contributed by atoms with E-state index in [4.69, 9.17) is 4.74 Å². The molecule has 0 bridgehead atoms. The summed E-state index contributed by atoms with van der Waals surface area (Å²) in [5, 5.41) is 1.86. The Morgan fingerprint density at radius 1 is 1.05 bits per heavy atom. The van der Waals surface area contributed by atoms with Gasteiger partial charge in [0, 0.05) is 18.4 Å². The standard InChI is InChI=1S/C16H16O3S/c1-2-19-13-7-5-12(6-8-13)14(17)9-10-15(18)16-4-3-11-20-16/h3-8,11H,2,9-10H2,1H3. The van der Waals surface area contributed by atoms with Gasteiger partial charge in [-0.3, -0.25) is 9.59 Å². The van der Waals surface area contributed by atoms with Crippen LogP contribution in [0.25, 0.3) is 0 Å². The molecule has 104 valence electrons. The molecule has 0 atom stereocenters. The van der Waals surface area contributed by atoms with Crippen LogP contribution in [0.4, 0.5) is 0 Å². The van der Waals surface area contributed by atoms with Crippen molar-refractivity contribution in [2.75, 3.05) is 6.61 Å². The number of hydrogen-bond acceptors (Lipinski definition) is 4. The van der Waals surface area contributed by atoms with Crippen LogP contribution in [-0.4, -0.2) is 18.2 Å². The van der Waals surface area contributed by atoms with Gasteiger partial charge in [-0.2, -0.15) is 0 Å². The van der Waals surface area contributed by atoms with Crippen molar-refractivity contribution in [2.45, 2.75) is 19.8 Å². The van der Waals surface area contributed by atoms with Gasteiger partial charge >= 0.3 is 0 Å². The first-order valence-electron chi connectivity index (χ1n) is 6.53. The summed E-state index contributed by atoms with van der Waals surface area (Å²) < 4.78 is 5.32. The molecule has 0 unspecified atom stereocenters. The largest absolute Gasteiger partial charge is 0.494 e. The normalized spacial score (nSPS) is 10.2. The highest BCUT2D eigenvalue weighted by Crippen LogP contribution is 2.16. The molecule has 0 aliphatic rings. The average Bonchev–Trinajstić information content (AvgIpc) is 3.00. The van der Waals surface area contributed by atoms with E-state index in [1.54, 1.807) is 30.3 Å². The van der Waals surface area contributed by atoms with Crippen LogP contribution in [0.3, 0.4) is 0 Å². The fourth-order valence-electron chi connectivity index (χ4n) is 1.84. The van der Waals surface area contributed by atoms with Crippen molar-refractivity contribution in [3.63, 3.8) is 0 Å². The average molecular weight is 288 g/mol. The molecule has 4 heteroatoms. The first-order chi connectivity index (χ1) is 9.70. The van der Waals surface area contributed by atoms with Crippen LogP contribution in [0.1, 0.15) is 39.8 Å². The summed E-state index contributed by atoms with van der Waals surface area (Å²) in [7, 11) is 0. The van der Waals surface area contributed by atoms with Gasteiger partial charge in [0.2, 0.25) is 0 Å². The van der Waals surface area contributed by atoms with Crippen LogP contribution in [0.2, 0.25) is 0 Å². The van der Waals surface area contributed by atoms with Gasteiger partial charge in [0.25, 0.3) is 0 Å². The molecule has 0 saturated heterocycles. The molecular weight excluding hydrogens is 272 g/mol. The molecule has 20 heavy (non-hydrogen) atoms. The van der Waals surface area contributed by atoms with Crippen molar-refractivity contribution >= 4 is 22.9 Å². The third kappa shape index (κ3) is 3.78. The number of Topliss-reactive ketones (excluding diaryl/α,β-unsaturated/α-hetero) is 2. The van der Waals surface area contributed by atoms with E-state index in [0.29, 0.717) is 17.0 Å². The highest BCUT2D eigenvalue weighted by Gasteiger charge is 2.11. The van der Waals surface area contributed by atoms with Crippen LogP contribution in [0, 0.1) is 0 Å². The lowest BCUT2D eigenvalue weighted by atomic mass is 10.0. The van der Waals surface area contributed by atoms with Crippen LogP contribution < -0.4 is 4.74 Å². The Labute approximate surface area is 122 Å². The zero-order chi connectivity index (χ0) is 14.4. The zero-order valence-corrected chi connectivity index (χ0v) is 12.1. The molecule has 0 radical (unpaired) electrons. The summed E-state index contributed by atoms with van der Waals surface area (Å²) in [5.74, 6) is 0.760. The molecule has 3 nitrogen and oxygen atoms in total. The molecule has 1 heterocycles. The van der Waals surface area contributed by atoms with E-state index in [-0.39, 0.29) is 24.4 Å². The second-order valence-corrected chi connectivity index (χ2v) is 5.23. The number of rotatable bonds is 7. The molecule has 0 N–H and O–H groups in total. The summed E-state index contributed by atoms with van der Waals surface area (Å²) in [6.45, 7) is 2.51. The predicted octanol–water partition coefficient (Wildman–Crippen LogP) is 3.99. The van der Waals surface area contributed by atoms with Crippen LogP contribution in [0.5, 0.6) is 5.75 Å². The van der Waals surface area contributed by atoms with Gasteiger partial charge in [0.05, 0.1) is 11.5 Å². The lowest BCUT2D eigenvalue weighted by molar-refractivity contribution is 0.0919. The zero-order valence-electron chi connectivity index (χ0n) is 11.3. The lowest BCUT2D eigenvalue weighted by Crippen LogP contribution is -2.04. The van der Waals surface area contributed by atoms with Gasteiger partial charge in [-0.1, -0.05) is 6.07 Å². The van der Waals surface area contributed by atoms with Crippen molar-refractivity contribution in [3.05, 3.63) is 52.2 Å². The first-order valence-corrected chi connectivity index (χ1v) is 7.41. The molecule has 1 aromatic heterocycles. The maximum absolute atomic E-state index is 12.0. The first kappa shape index (κ1) is 14.5. The Morgan fingerprint density at radius 2 is 1.75 bits per heavy atom. The molecule has 0 aliphatic carbocycles. The molecule has 2 rings (SSSR count). The van der Waals surface area contributed by atoms with Crippen molar-refractivity contribution in [1.82, 2.24) is 0 Å². The Morgan fingerprint density at radius 3 is 2.35 bits per heavy atom. The minimum atomic E-state index is -0.0158. The van der Waals surface area contributed by atoms with E-state index in [2.05, 4.69) is 0 Å². The van der Waals surface area contributed by atoms with Gasteiger partial charge in [-0.25, -0.2) is 0 Å². The third-order valence-corrected chi connectivity index (χ3v) is 3.77. The molecule has 0 amide bonds. The predicted molar refractivity (Wildman–Crippen MR) is 79.8 cm³/mol. The van der Waals surface area contributed by atoms with Crippen molar-refractivity contribution < 1.29 is 14.3 Å². The molecule has 2 aromatic rings. The van der Waals surface area contributed by atoms with Crippen LogP contribution >= 0.6 is 11.3 Å². The van der Waals surface area contributed by atoms with Crippen molar-refractivity contribution in [3.8, 4) is 5.75 Å². The number of ketones is 2. The number of carbonyl (C=O) groups is 2. The molecule has 1 aromatic carbocycles. The van der Waals surface area contributed by atoms with Gasteiger partial charge in [0.15, 0.2) is 11.6 Å². The van der Waals surface area contributed by atoms with E-state index in [0.717, 1.165) is 5.75 Å². The fourth-order valence-corrected chi connectivity index (χ4v) is 2.53. The monoisotopic (exact) mass is 288 g/mol. The summed E-state index contributed by atoms with van der Waals surface area (Å²) in [4.78, 5) is 24.5. The maximum atomic E-state index is 12.0. The Kier molecular flexibility index (Phi) is 5.07. The Hall–Kier alpha value is -1.94. The van der Waals surface area contributed by atoms with Gasteiger partial charge in [-0.05, 0) is 42.6 Å². The fraction of sp³-hybridized carbons (Fsp3) is 0.250. The minimum absolute atomic E-state index is 0.0158. The van der Waals surface area contributed by atoms with Crippen molar-refractivity contribution in [2.24, 2.45) is 0 Å². The van der Waals surface area contributed by atoms with Crippen LogP contribution in [0.15, 0.2) is 41.8 Å². The number of ether oxygens (including phenoxy) is 1. The van der Waals surface area contributed by atoms with E-state index < -0.39 is 0 Å². The maximum Gasteiger partial charge on any atom is 0.173 e. The molecule has 0 aliphatic heterocycles. The van der Waals surface area contributed by atoms with E-state index in [9.17, 15) is 9.59 Å². The van der Waals surface area contributed by atoms with Crippen molar-refractivity contribution in [1.29, 1.82) is 0 Å². The smallest absolute Gasteiger partial charge is 0.173 e. The molecule has 0 fully saturated rings. The summed E-state index contributed by atoms with van der Waals surface area (Å²) in [6, 6.07) is 10.7. The lowest BCUT2D eigenvalue weighted by Gasteiger charge is -2.04. The second kappa shape index (κ2) is 7.01. The van der Waals surface area contributed by atoms with Gasteiger partial charge in [0.1, 0.15) is 5.75 Å². The van der Waals surface area contributed by atoms with Gasteiger partial charge < -0.3 is 4.74 Å². The second-order valence-electron chi connectivity index (χ2n) is 4.28. The van der Waals surface area contributed by atoms with E-state index in [1.807, 2.05) is 18.4 Å². The number of hydrogen-bond donors (Lipinski definition) is 0. The molecule has 0 saturated carbocycles. The molecule has 0 spiro atoms. The highest BCUT2D eigenvalue weighted by molar-refractivity contribution is 7.12. The summed E-state index contributed by atoms with van der Waals surface area (Å²) >= 11 is 1.41. The quantitative estimate of drug-likeness (QED) is 0.723. The highest BCUT2D eigenvalue weighted by atomic mass is 32.1. The Bertz CT molecular complexity index is 570. The van der Waals surface area contributed by atoms with Gasteiger partial charge in [-0.15, -0.1) is 11.3 Å². The molecular formula is C16H16O3S. The minimum Gasteiger partial charge on any atom is -0.494 e. The van der Waals surface area contributed by atoms with Crippen LogP contribution in [-0.2, 0) is 0 Å². The summed E-state index contributed by atoms with van der Waals surface area (Å²) in [6.07, 6.45) is 0.497. The topological polar surface area (TPSA) is 43.4 Å². The number of thiophene rings is 1. The van der Waals surface area contributed by atoms with E-state index >= 15 is 0 Å². The SMILES string of the molecule is CCOc1ccc(C(=O)CCC(=O)c2cccs2)cc1. The number of benzene rings is 1. The number of carbonyl (C=O) groups excluding carboxylic acids is 2. The van der Waals surface area contributed by atoms with E-state index in [1.165, 1.54) is 11.3 Å². The third-order valence-electron chi connectivity index (χ3n) is 2.86. The Balaban J connectivity index is 1.90.